The van der Waals surface area contributed by atoms with Crippen molar-refractivity contribution in [2.75, 3.05) is 26.2 Å². The molecule has 1 aliphatic heterocycles. The third kappa shape index (κ3) is 4.98. The predicted molar refractivity (Wildman–Crippen MR) is 101 cm³/mol. The lowest BCUT2D eigenvalue weighted by molar-refractivity contribution is -0.127. The van der Waals surface area contributed by atoms with Gasteiger partial charge in [0.2, 0.25) is 5.91 Å². The van der Waals surface area contributed by atoms with Gasteiger partial charge in [-0.3, -0.25) is 9.69 Å². The molecule has 3 N–H and O–H groups in total. The minimum atomic E-state index is 0. The molecular formula is C17H33Cl2N3O2. The number of hydrogen-bond acceptors (Lipinski definition) is 4. The lowest BCUT2D eigenvalue weighted by atomic mass is 9.84. The van der Waals surface area contributed by atoms with Crippen LogP contribution in [0.2, 0.25) is 0 Å². The average Bonchev–Trinajstić information content (AvgIpc) is 3.03. The highest BCUT2D eigenvalue weighted by molar-refractivity contribution is 5.85. The molecule has 1 saturated heterocycles. The van der Waals surface area contributed by atoms with Crippen LogP contribution >= 0.6 is 24.8 Å². The maximum atomic E-state index is 12.4. The van der Waals surface area contributed by atoms with Gasteiger partial charge in [0, 0.05) is 32.2 Å². The molecule has 3 fully saturated rings. The van der Waals surface area contributed by atoms with Crippen molar-refractivity contribution in [3.8, 4) is 0 Å². The molecule has 0 spiro atoms. The van der Waals surface area contributed by atoms with Crippen molar-refractivity contribution in [3.63, 3.8) is 0 Å². The molecule has 5 nitrogen and oxygen atoms in total. The summed E-state index contributed by atoms with van der Waals surface area (Å²) in [5, 5.41) is 3.13. The van der Waals surface area contributed by atoms with Gasteiger partial charge in [0.05, 0.1) is 18.1 Å². The Kier molecular flexibility index (Phi) is 8.77. The molecule has 24 heavy (non-hydrogen) atoms. The number of morpholine rings is 1. The van der Waals surface area contributed by atoms with Crippen molar-refractivity contribution in [1.82, 2.24) is 10.2 Å². The van der Waals surface area contributed by atoms with E-state index in [9.17, 15) is 4.79 Å². The van der Waals surface area contributed by atoms with Crippen LogP contribution in [0.15, 0.2) is 0 Å². The van der Waals surface area contributed by atoms with Crippen molar-refractivity contribution in [2.24, 2.45) is 23.5 Å². The zero-order valence-corrected chi connectivity index (χ0v) is 16.4. The second-order valence-corrected chi connectivity index (χ2v) is 7.60. The van der Waals surface area contributed by atoms with Gasteiger partial charge in [-0.05, 0) is 51.4 Å². The standard InChI is InChI=1S/C17H31N3O2.2ClH/c1-11-9-20(10-12(2)22-11)7-3-6-19-17(21)15-13-4-5-14(8-13)16(15)18;;/h11-16H,3-10,18H2,1-2H3,(H,19,21);2*1H. The number of carbonyl (C=O) groups excluding carboxylic acids is 1. The van der Waals surface area contributed by atoms with Crippen LogP contribution in [0.5, 0.6) is 0 Å². The van der Waals surface area contributed by atoms with Crippen LogP contribution in [-0.2, 0) is 9.53 Å². The van der Waals surface area contributed by atoms with Gasteiger partial charge in [0.1, 0.15) is 0 Å². The van der Waals surface area contributed by atoms with Gasteiger partial charge in [0.25, 0.3) is 0 Å². The third-order valence-electron chi connectivity index (χ3n) is 5.73. The number of hydrogen-bond donors (Lipinski definition) is 2. The van der Waals surface area contributed by atoms with E-state index in [1.54, 1.807) is 0 Å². The summed E-state index contributed by atoms with van der Waals surface area (Å²) in [6.45, 7) is 8.04. The smallest absolute Gasteiger partial charge is 0.224 e. The number of nitrogens with one attached hydrogen (secondary N) is 1. The highest BCUT2D eigenvalue weighted by Gasteiger charge is 2.48. The Labute approximate surface area is 158 Å². The Balaban J connectivity index is 0.00000144. The molecule has 2 saturated carbocycles. The number of carbonyl (C=O) groups is 1. The van der Waals surface area contributed by atoms with E-state index in [2.05, 4.69) is 24.1 Å². The Hall–Kier alpha value is -0.0700. The Bertz CT molecular complexity index is 401. The molecule has 0 aromatic carbocycles. The zero-order valence-electron chi connectivity index (χ0n) is 14.8. The topological polar surface area (TPSA) is 67.6 Å². The van der Waals surface area contributed by atoms with E-state index in [0.717, 1.165) is 32.6 Å². The molecule has 0 radical (unpaired) electrons. The number of ether oxygens (including phenoxy) is 1. The molecule has 2 bridgehead atoms. The second-order valence-electron chi connectivity index (χ2n) is 7.60. The largest absolute Gasteiger partial charge is 0.373 e. The Morgan fingerprint density at radius 1 is 1.17 bits per heavy atom. The summed E-state index contributed by atoms with van der Waals surface area (Å²) in [6.07, 6.45) is 5.21. The minimum absolute atomic E-state index is 0. The fourth-order valence-electron chi connectivity index (χ4n) is 4.82. The Morgan fingerprint density at radius 3 is 2.38 bits per heavy atom. The summed E-state index contributed by atoms with van der Waals surface area (Å²) in [5.41, 5.74) is 6.23. The van der Waals surface area contributed by atoms with E-state index < -0.39 is 0 Å². The molecule has 6 atom stereocenters. The van der Waals surface area contributed by atoms with Crippen molar-refractivity contribution in [3.05, 3.63) is 0 Å². The first-order valence-electron chi connectivity index (χ1n) is 8.95. The first-order valence-corrected chi connectivity index (χ1v) is 8.95. The summed E-state index contributed by atoms with van der Waals surface area (Å²) in [4.78, 5) is 14.8. The van der Waals surface area contributed by atoms with Crippen LogP contribution < -0.4 is 11.1 Å². The molecular weight excluding hydrogens is 349 g/mol. The summed E-state index contributed by atoms with van der Waals surface area (Å²) < 4.78 is 5.74. The fraction of sp³-hybridized carbons (Fsp3) is 0.941. The molecule has 1 amide bonds. The van der Waals surface area contributed by atoms with Gasteiger partial charge in [-0.1, -0.05) is 0 Å². The van der Waals surface area contributed by atoms with E-state index in [1.165, 1.54) is 19.3 Å². The van der Waals surface area contributed by atoms with Gasteiger partial charge < -0.3 is 15.8 Å². The van der Waals surface area contributed by atoms with Gasteiger partial charge in [-0.2, -0.15) is 0 Å². The van der Waals surface area contributed by atoms with Gasteiger partial charge in [-0.25, -0.2) is 0 Å². The van der Waals surface area contributed by atoms with E-state index >= 15 is 0 Å². The summed E-state index contributed by atoms with van der Waals surface area (Å²) >= 11 is 0. The number of halogens is 2. The van der Waals surface area contributed by atoms with Crippen molar-refractivity contribution in [2.45, 2.75) is 57.8 Å². The normalized spacial score (nSPS) is 38.3. The number of nitrogens with zero attached hydrogens (tertiary/aromatic N) is 1. The van der Waals surface area contributed by atoms with E-state index in [1.807, 2.05) is 0 Å². The molecule has 0 aromatic heterocycles. The van der Waals surface area contributed by atoms with Gasteiger partial charge >= 0.3 is 0 Å². The van der Waals surface area contributed by atoms with Crippen LogP contribution in [0.1, 0.15) is 39.5 Å². The second kappa shape index (κ2) is 9.58. The third-order valence-corrected chi connectivity index (χ3v) is 5.73. The maximum absolute atomic E-state index is 12.4. The molecule has 3 aliphatic rings. The summed E-state index contributed by atoms with van der Waals surface area (Å²) in [7, 11) is 0. The quantitative estimate of drug-likeness (QED) is 0.712. The van der Waals surface area contributed by atoms with Crippen LogP contribution in [0.3, 0.4) is 0 Å². The van der Waals surface area contributed by atoms with Gasteiger partial charge in [-0.15, -0.1) is 24.8 Å². The molecule has 3 rings (SSSR count). The van der Waals surface area contributed by atoms with Crippen LogP contribution in [-0.4, -0.2) is 55.2 Å². The Morgan fingerprint density at radius 2 is 1.79 bits per heavy atom. The summed E-state index contributed by atoms with van der Waals surface area (Å²) in [6, 6.07) is 0.0969. The molecule has 142 valence electrons. The highest BCUT2D eigenvalue weighted by atomic mass is 35.5. The first-order chi connectivity index (χ1) is 10.5. The number of fused-ring (bicyclic) bond motifs is 2. The lowest BCUT2D eigenvalue weighted by Gasteiger charge is -2.35. The molecule has 0 aromatic rings. The zero-order chi connectivity index (χ0) is 15.7. The fourth-order valence-corrected chi connectivity index (χ4v) is 4.82. The monoisotopic (exact) mass is 381 g/mol. The summed E-state index contributed by atoms with van der Waals surface area (Å²) in [5.74, 6) is 1.41. The van der Waals surface area contributed by atoms with Crippen LogP contribution in [0, 0.1) is 17.8 Å². The van der Waals surface area contributed by atoms with Crippen molar-refractivity contribution >= 4 is 30.7 Å². The maximum Gasteiger partial charge on any atom is 0.224 e. The highest BCUT2D eigenvalue weighted by Crippen LogP contribution is 2.47. The lowest BCUT2D eigenvalue weighted by Crippen LogP contribution is -2.47. The SMILES string of the molecule is CC1CN(CCCNC(=O)C2C3CCC(C3)C2N)CC(C)O1.Cl.Cl. The number of rotatable bonds is 5. The molecule has 2 aliphatic carbocycles. The van der Waals surface area contributed by atoms with Crippen LogP contribution in [0.25, 0.3) is 0 Å². The van der Waals surface area contributed by atoms with Crippen molar-refractivity contribution in [1.29, 1.82) is 0 Å². The van der Waals surface area contributed by atoms with Gasteiger partial charge in [0.15, 0.2) is 0 Å². The number of amides is 1. The first kappa shape index (κ1) is 22.0. The van der Waals surface area contributed by atoms with E-state index in [4.69, 9.17) is 10.5 Å². The molecule has 7 heteroatoms. The van der Waals surface area contributed by atoms with Crippen LogP contribution in [0.4, 0.5) is 0 Å². The van der Waals surface area contributed by atoms with Crippen molar-refractivity contribution < 1.29 is 9.53 Å². The molecule has 6 unspecified atom stereocenters. The van der Waals surface area contributed by atoms with E-state index in [-0.39, 0.29) is 42.7 Å². The molecule has 1 heterocycles. The average molecular weight is 382 g/mol. The number of nitrogens with two attached hydrogens (primary N) is 1. The van der Waals surface area contributed by atoms with E-state index in [0.29, 0.717) is 24.0 Å². The minimum Gasteiger partial charge on any atom is -0.373 e. The predicted octanol–water partition coefficient (Wildman–Crippen LogP) is 1.82.